The number of ether oxygens (including phenoxy) is 2. The number of methoxy groups -OCH3 is 1. The number of aliphatic hydroxyl groups excluding tert-OH is 1. The lowest BCUT2D eigenvalue weighted by atomic mass is 9.62. The monoisotopic (exact) mass is 483 g/mol. The van der Waals surface area contributed by atoms with Crippen molar-refractivity contribution in [2.75, 3.05) is 12.0 Å². The lowest BCUT2D eigenvalue weighted by Gasteiger charge is -2.40. The highest BCUT2D eigenvalue weighted by molar-refractivity contribution is 6.23. The zero-order valence-electron chi connectivity index (χ0n) is 20.8. The Hall–Kier alpha value is -3.90. The van der Waals surface area contributed by atoms with Crippen LogP contribution in [0.3, 0.4) is 0 Å². The van der Waals surface area contributed by atoms with Crippen molar-refractivity contribution in [2.24, 2.45) is 5.92 Å². The zero-order chi connectivity index (χ0) is 25.7. The Labute approximate surface area is 210 Å². The van der Waals surface area contributed by atoms with E-state index in [0.717, 1.165) is 16.0 Å². The van der Waals surface area contributed by atoms with Crippen LogP contribution in [-0.4, -0.2) is 29.8 Å². The molecule has 1 N–H and O–H groups in total. The highest BCUT2D eigenvalue weighted by Gasteiger charge is 2.60. The normalized spacial score (nSPS) is 22.7. The van der Waals surface area contributed by atoms with Gasteiger partial charge in [0, 0.05) is 11.5 Å². The van der Waals surface area contributed by atoms with E-state index >= 15 is 0 Å². The molecule has 3 unspecified atom stereocenters. The molecule has 184 valence electrons. The van der Waals surface area contributed by atoms with Gasteiger partial charge < -0.3 is 14.6 Å². The number of carbonyl (C=O) groups is 2. The van der Waals surface area contributed by atoms with Crippen LogP contribution in [0.5, 0.6) is 5.75 Å². The molecule has 5 rings (SSSR count). The van der Waals surface area contributed by atoms with Crippen molar-refractivity contribution < 1.29 is 24.2 Å². The molecule has 0 fully saturated rings. The van der Waals surface area contributed by atoms with Gasteiger partial charge in [-0.15, -0.1) is 0 Å². The maximum absolute atomic E-state index is 14.6. The fourth-order valence-electron chi connectivity index (χ4n) is 5.36. The first kappa shape index (κ1) is 23.8. The third kappa shape index (κ3) is 3.60. The van der Waals surface area contributed by atoms with Crippen molar-refractivity contribution in [2.45, 2.75) is 37.9 Å². The van der Waals surface area contributed by atoms with Gasteiger partial charge in [0.2, 0.25) is 0 Å². The minimum atomic E-state index is -1.40. The maximum atomic E-state index is 14.6. The number of imide groups is 1. The predicted molar refractivity (Wildman–Crippen MR) is 138 cm³/mol. The van der Waals surface area contributed by atoms with Crippen LogP contribution in [0.15, 0.2) is 78.9 Å². The second-order valence-electron chi connectivity index (χ2n) is 10.1. The van der Waals surface area contributed by atoms with Crippen LogP contribution in [0, 0.1) is 5.92 Å². The Morgan fingerprint density at radius 2 is 1.69 bits per heavy atom. The molecule has 36 heavy (non-hydrogen) atoms. The maximum Gasteiger partial charge on any atom is 0.421 e. The van der Waals surface area contributed by atoms with Gasteiger partial charge in [-0.25, -0.2) is 9.69 Å². The quantitative estimate of drug-likeness (QED) is 0.522. The lowest BCUT2D eigenvalue weighted by Crippen LogP contribution is -2.50. The molecule has 2 amide bonds. The predicted octanol–water partition coefficient (Wildman–Crippen LogP) is 5.64. The van der Waals surface area contributed by atoms with Crippen LogP contribution in [-0.2, 0) is 14.9 Å². The number of anilines is 1. The Kier molecular flexibility index (Phi) is 5.72. The molecule has 0 saturated carbocycles. The summed E-state index contributed by atoms with van der Waals surface area (Å²) in [4.78, 5) is 29.2. The van der Waals surface area contributed by atoms with E-state index in [0.29, 0.717) is 22.6 Å². The number of fused-ring (bicyclic) bond motifs is 2. The summed E-state index contributed by atoms with van der Waals surface area (Å²) in [5, 5.41) is 11.7. The van der Waals surface area contributed by atoms with Crippen molar-refractivity contribution in [3.05, 3.63) is 101 Å². The summed E-state index contributed by atoms with van der Waals surface area (Å²) in [7, 11) is 1.56. The summed E-state index contributed by atoms with van der Waals surface area (Å²) in [5.41, 5.74) is 1.09. The molecule has 1 aliphatic carbocycles. The zero-order valence-corrected chi connectivity index (χ0v) is 20.8. The molecule has 0 bridgehead atoms. The smallest absolute Gasteiger partial charge is 0.421 e. The van der Waals surface area contributed by atoms with Crippen LogP contribution in [0.2, 0.25) is 0 Å². The van der Waals surface area contributed by atoms with Crippen LogP contribution in [0.4, 0.5) is 10.5 Å². The first-order chi connectivity index (χ1) is 17.2. The Morgan fingerprint density at radius 3 is 2.39 bits per heavy atom. The van der Waals surface area contributed by atoms with Gasteiger partial charge in [-0.05, 0) is 55.7 Å². The Bertz CT molecular complexity index is 1360. The van der Waals surface area contributed by atoms with E-state index in [2.05, 4.69) is 0 Å². The second kappa shape index (κ2) is 8.64. The van der Waals surface area contributed by atoms with Gasteiger partial charge in [-0.1, -0.05) is 66.7 Å². The molecular weight excluding hydrogens is 454 g/mol. The van der Waals surface area contributed by atoms with Crippen molar-refractivity contribution in [3.8, 4) is 5.75 Å². The molecule has 1 heterocycles. The largest absolute Gasteiger partial charge is 0.497 e. The first-order valence-electron chi connectivity index (χ1n) is 11.9. The standard InChI is InChI=1S/C30H29NO5/c1-29(2,3)36-28(34)31-25-17-15-21(35-4)18-24(25)30(27(31)33,20-11-6-5-7-12-20)23-16-14-19-10-8-9-13-22(19)26(23)32/h5-18,23,26,32H,1-4H3. The molecule has 3 aromatic rings. The number of hydrogen-bond donors (Lipinski definition) is 1. The fourth-order valence-corrected chi connectivity index (χ4v) is 5.36. The lowest BCUT2D eigenvalue weighted by molar-refractivity contribution is -0.124. The molecular formula is C30H29NO5. The number of amides is 2. The van der Waals surface area contributed by atoms with Crippen molar-refractivity contribution in [1.29, 1.82) is 0 Å². The highest BCUT2D eigenvalue weighted by Crippen LogP contribution is 2.56. The van der Waals surface area contributed by atoms with Crippen LogP contribution in [0.25, 0.3) is 6.08 Å². The molecule has 3 atom stereocenters. The number of aliphatic hydroxyl groups is 1. The molecule has 0 spiro atoms. The number of nitrogens with zero attached hydrogens (tertiary/aromatic N) is 1. The molecule has 0 aromatic heterocycles. The van der Waals surface area contributed by atoms with Crippen LogP contribution in [0.1, 0.15) is 49.1 Å². The molecule has 0 radical (unpaired) electrons. The summed E-state index contributed by atoms with van der Waals surface area (Å²) in [6, 6.07) is 22.1. The fraction of sp³-hybridized carbons (Fsp3) is 0.267. The van der Waals surface area contributed by atoms with Gasteiger partial charge in [-0.2, -0.15) is 0 Å². The molecule has 6 nitrogen and oxygen atoms in total. The van der Waals surface area contributed by atoms with Gasteiger partial charge in [0.05, 0.1) is 18.9 Å². The molecule has 3 aromatic carbocycles. The average Bonchev–Trinajstić information content (AvgIpc) is 3.12. The summed E-state index contributed by atoms with van der Waals surface area (Å²) in [6.45, 7) is 5.28. The summed E-state index contributed by atoms with van der Waals surface area (Å²) >= 11 is 0. The minimum absolute atomic E-state index is 0.415. The third-order valence-corrected chi connectivity index (χ3v) is 6.85. The number of benzene rings is 3. The van der Waals surface area contributed by atoms with Crippen LogP contribution < -0.4 is 9.64 Å². The van der Waals surface area contributed by atoms with Gasteiger partial charge in [-0.3, -0.25) is 4.79 Å². The van der Waals surface area contributed by atoms with Gasteiger partial charge in [0.1, 0.15) is 16.8 Å². The summed E-state index contributed by atoms with van der Waals surface area (Å²) < 4.78 is 11.2. The SMILES string of the molecule is COc1ccc2c(c1)C(c1ccccc1)(C1C=Cc3ccccc3C1O)C(=O)N2C(=O)OC(C)(C)C. The molecule has 0 saturated heterocycles. The van der Waals surface area contributed by atoms with Gasteiger partial charge >= 0.3 is 6.09 Å². The summed E-state index contributed by atoms with van der Waals surface area (Å²) in [5.74, 6) is -0.623. The van der Waals surface area contributed by atoms with Crippen molar-refractivity contribution in [1.82, 2.24) is 0 Å². The number of rotatable bonds is 3. The first-order valence-corrected chi connectivity index (χ1v) is 11.9. The van der Waals surface area contributed by atoms with Crippen molar-refractivity contribution in [3.63, 3.8) is 0 Å². The van der Waals surface area contributed by atoms with E-state index in [1.165, 1.54) is 0 Å². The topological polar surface area (TPSA) is 76.1 Å². The van der Waals surface area contributed by atoms with Crippen LogP contribution >= 0.6 is 0 Å². The van der Waals surface area contributed by atoms with E-state index in [1.54, 1.807) is 46.1 Å². The summed E-state index contributed by atoms with van der Waals surface area (Å²) in [6.07, 6.45) is 2.06. The minimum Gasteiger partial charge on any atom is -0.497 e. The van der Waals surface area contributed by atoms with E-state index in [9.17, 15) is 14.7 Å². The Morgan fingerprint density at radius 1 is 1.00 bits per heavy atom. The highest BCUT2D eigenvalue weighted by atomic mass is 16.6. The van der Waals surface area contributed by atoms with Gasteiger partial charge in [0.15, 0.2) is 0 Å². The van der Waals surface area contributed by atoms with Gasteiger partial charge in [0.25, 0.3) is 5.91 Å². The van der Waals surface area contributed by atoms with E-state index in [1.807, 2.05) is 66.7 Å². The molecule has 6 heteroatoms. The van der Waals surface area contributed by atoms with E-state index in [-0.39, 0.29) is 0 Å². The average molecular weight is 484 g/mol. The van der Waals surface area contributed by atoms with E-state index < -0.39 is 35.0 Å². The molecule has 2 aliphatic rings. The second-order valence-corrected chi connectivity index (χ2v) is 10.1. The molecule has 1 aliphatic heterocycles. The number of hydrogen-bond acceptors (Lipinski definition) is 5. The van der Waals surface area contributed by atoms with Crippen molar-refractivity contribution >= 4 is 23.8 Å². The van der Waals surface area contributed by atoms with E-state index in [4.69, 9.17) is 9.47 Å². The number of carbonyl (C=O) groups excluding carboxylic acids is 2. The third-order valence-electron chi connectivity index (χ3n) is 6.85. The Balaban J connectivity index is 1.79.